The molecule has 0 saturated heterocycles. The molecule has 0 unspecified atom stereocenters. The van der Waals surface area contributed by atoms with E-state index >= 15 is 0 Å². The molecule has 22 heavy (non-hydrogen) atoms. The molecule has 1 N–H and O–H groups in total. The second kappa shape index (κ2) is 6.33. The smallest absolute Gasteiger partial charge is 0.229 e. The summed E-state index contributed by atoms with van der Waals surface area (Å²) in [6.07, 6.45) is 0. The number of benzene rings is 2. The molecular formula is C18H17BrN2O. The van der Waals surface area contributed by atoms with E-state index in [-0.39, 0.29) is 5.91 Å². The van der Waals surface area contributed by atoms with Crippen LogP contribution >= 0.6 is 15.9 Å². The summed E-state index contributed by atoms with van der Waals surface area (Å²) in [5.74, 6) is -0.0486. The van der Waals surface area contributed by atoms with Crippen molar-refractivity contribution in [2.24, 2.45) is 5.41 Å². The summed E-state index contributed by atoms with van der Waals surface area (Å²) in [4.78, 5) is 12.3. The normalized spacial score (nSPS) is 10.9. The van der Waals surface area contributed by atoms with Gasteiger partial charge in [0.1, 0.15) is 0 Å². The van der Waals surface area contributed by atoms with Gasteiger partial charge in [-0.2, -0.15) is 5.26 Å². The largest absolute Gasteiger partial charge is 0.325 e. The maximum absolute atomic E-state index is 12.3. The van der Waals surface area contributed by atoms with Gasteiger partial charge in [-0.05, 0) is 35.9 Å². The predicted octanol–water partition coefficient (Wildman–Crippen LogP) is 4.97. The van der Waals surface area contributed by atoms with E-state index in [1.54, 1.807) is 6.07 Å². The minimum Gasteiger partial charge on any atom is -0.325 e. The average molecular weight is 357 g/mol. The summed E-state index contributed by atoms with van der Waals surface area (Å²) in [6.45, 7) is 5.62. The molecule has 4 heteroatoms. The highest BCUT2D eigenvalue weighted by Crippen LogP contribution is 2.32. The van der Waals surface area contributed by atoms with Gasteiger partial charge >= 0.3 is 0 Å². The number of carbonyl (C=O) groups is 1. The quantitative estimate of drug-likeness (QED) is 0.825. The van der Waals surface area contributed by atoms with Crippen LogP contribution in [-0.2, 0) is 4.79 Å². The molecule has 0 saturated carbocycles. The van der Waals surface area contributed by atoms with Crippen LogP contribution in [0.3, 0.4) is 0 Å². The Morgan fingerprint density at radius 1 is 1.18 bits per heavy atom. The summed E-state index contributed by atoms with van der Waals surface area (Å²) in [6, 6.07) is 15.2. The molecule has 0 aliphatic heterocycles. The Hall–Kier alpha value is -2.12. The average Bonchev–Trinajstić information content (AvgIpc) is 2.48. The van der Waals surface area contributed by atoms with E-state index in [2.05, 4.69) is 27.3 Å². The van der Waals surface area contributed by atoms with E-state index in [1.165, 1.54) is 0 Å². The van der Waals surface area contributed by atoms with Gasteiger partial charge in [-0.25, -0.2) is 0 Å². The summed E-state index contributed by atoms with van der Waals surface area (Å²) < 4.78 is 0.915. The first-order chi connectivity index (χ1) is 10.3. The van der Waals surface area contributed by atoms with Crippen molar-refractivity contribution < 1.29 is 4.79 Å². The maximum Gasteiger partial charge on any atom is 0.229 e. The Bertz CT molecular complexity index is 754. The van der Waals surface area contributed by atoms with Gasteiger partial charge in [0.05, 0.1) is 11.6 Å². The molecule has 2 rings (SSSR count). The fourth-order valence-electron chi connectivity index (χ4n) is 1.93. The topological polar surface area (TPSA) is 52.9 Å². The minimum atomic E-state index is -0.473. The number of nitriles is 1. The number of amides is 1. The van der Waals surface area contributed by atoms with Crippen molar-refractivity contribution in [3.05, 3.63) is 52.5 Å². The standard InChI is InChI=1S/C18H17BrN2O/c1-18(2,3)17(22)21-16-8-7-14(19)10-15(16)13-6-4-5-12(9-13)11-20/h4-10H,1-3H3,(H,21,22). The fraction of sp³-hybridized carbons (Fsp3) is 0.222. The second-order valence-electron chi connectivity index (χ2n) is 6.09. The van der Waals surface area contributed by atoms with Gasteiger partial charge in [0.2, 0.25) is 5.91 Å². The third kappa shape index (κ3) is 3.75. The third-order valence-corrected chi connectivity index (χ3v) is 3.71. The Balaban J connectivity index is 2.49. The van der Waals surface area contributed by atoms with E-state index in [1.807, 2.05) is 57.2 Å². The van der Waals surface area contributed by atoms with Crippen LogP contribution in [0.25, 0.3) is 11.1 Å². The zero-order valence-corrected chi connectivity index (χ0v) is 14.4. The van der Waals surface area contributed by atoms with E-state index < -0.39 is 5.41 Å². The molecule has 0 bridgehead atoms. The SMILES string of the molecule is CC(C)(C)C(=O)Nc1ccc(Br)cc1-c1cccc(C#N)c1. The van der Waals surface area contributed by atoms with Crippen molar-refractivity contribution in [3.8, 4) is 17.2 Å². The van der Waals surface area contributed by atoms with Crippen LogP contribution in [0.5, 0.6) is 0 Å². The van der Waals surface area contributed by atoms with E-state index in [0.29, 0.717) is 5.56 Å². The van der Waals surface area contributed by atoms with Crippen LogP contribution in [0.4, 0.5) is 5.69 Å². The van der Waals surface area contributed by atoms with Gasteiger partial charge < -0.3 is 5.32 Å². The van der Waals surface area contributed by atoms with Crippen LogP contribution in [0, 0.1) is 16.7 Å². The number of carbonyl (C=O) groups excluding carboxylic acids is 1. The van der Waals surface area contributed by atoms with Crippen molar-refractivity contribution in [1.82, 2.24) is 0 Å². The number of hydrogen-bond acceptors (Lipinski definition) is 2. The molecule has 112 valence electrons. The summed E-state index contributed by atoms with van der Waals surface area (Å²) >= 11 is 3.46. The first-order valence-electron chi connectivity index (χ1n) is 6.93. The third-order valence-electron chi connectivity index (χ3n) is 3.21. The molecule has 0 radical (unpaired) electrons. The molecule has 2 aromatic rings. The Morgan fingerprint density at radius 3 is 2.55 bits per heavy atom. The zero-order valence-electron chi connectivity index (χ0n) is 12.8. The van der Waals surface area contributed by atoms with Crippen LogP contribution in [0.1, 0.15) is 26.3 Å². The number of hydrogen-bond donors (Lipinski definition) is 1. The van der Waals surface area contributed by atoms with Crippen molar-refractivity contribution in [3.63, 3.8) is 0 Å². The maximum atomic E-state index is 12.3. The molecule has 1 amide bonds. The van der Waals surface area contributed by atoms with Crippen LogP contribution < -0.4 is 5.32 Å². The monoisotopic (exact) mass is 356 g/mol. The second-order valence-corrected chi connectivity index (χ2v) is 7.00. The Morgan fingerprint density at radius 2 is 1.91 bits per heavy atom. The van der Waals surface area contributed by atoms with E-state index in [9.17, 15) is 4.79 Å². The van der Waals surface area contributed by atoms with Gasteiger partial charge in [0.25, 0.3) is 0 Å². The van der Waals surface area contributed by atoms with Crippen molar-refractivity contribution in [1.29, 1.82) is 5.26 Å². The van der Waals surface area contributed by atoms with Gasteiger partial charge in [-0.3, -0.25) is 4.79 Å². The lowest BCUT2D eigenvalue weighted by Gasteiger charge is -2.19. The zero-order chi connectivity index (χ0) is 16.3. The summed E-state index contributed by atoms with van der Waals surface area (Å²) in [5.41, 5.74) is 2.62. The van der Waals surface area contributed by atoms with E-state index in [4.69, 9.17) is 5.26 Å². The van der Waals surface area contributed by atoms with Crippen LogP contribution in [-0.4, -0.2) is 5.91 Å². The first-order valence-corrected chi connectivity index (χ1v) is 7.72. The van der Waals surface area contributed by atoms with Crippen molar-refractivity contribution in [2.75, 3.05) is 5.32 Å². The molecule has 0 heterocycles. The molecule has 0 atom stereocenters. The van der Waals surface area contributed by atoms with Gasteiger partial charge in [-0.1, -0.05) is 48.8 Å². The highest BCUT2D eigenvalue weighted by Gasteiger charge is 2.22. The molecule has 0 fully saturated rings. The van der Waals surface area contributed by atoms with Crippen LogP contribution in [0.2, 0.25) is 0 Å². The van der Waals surface area contributed by atoms with Gasteiger partial charge in [0, 0.05) is 21.1 Å². The van der Waals surface area contributed by atoms with Crippen molar-refractivity contribution in [2.45, 2.75) is 20.8 Å². The molecule has 2 aromatic carbocycles. The molecule has 0 aromatic heterocycles. The Labute approximate surface area is 139 Å². The number of anilines is 1. The van der Waals surface area contributed by atoms with Gasteiger partial charge in [0.15, 0.2) is 0 Å². The molecule has 0 spiro atoms. The highest BCUT2D eigenvalue weighted by molar-refractivity contribution is 9.10. The van der Waals surface area contributed by atoms with E-state index in [0.717, 1.165) is 21.3 Å². The lowest BCUT2D eigenvalue weighted by molar-refractivity contribution is -0.123. The number of nitrogens with zero attached hydrogens (tertiary/aromatic N) is 1. The highest BCUT2D eigenvalue weighted by atomic mass is 79.9. The lowest BCUT2D eigenvalue weighted by atomic mass is 9.95. The van der Waals surface area contributed by atoms with Crippen molar-refractivity contribution >= 4 is 27.5 Å². The molecule has 3 nitrogen and oxygen atoms in total. The minimum absolute atomic E-state index is 0.0486. The summed E-state index contributed by atoms with van der Waals surface area (Å²) in [7, 11) is 0. The van der Waals surface area contributed by atoms with Crippen LogP contribution in [0.15, 0.2) is 46.9 Å². The molecule has 0 aliphatic carbocycles. The number of nitrogens with one attached hydrogen (secondary N) is 1. The predicted molar refractivity (Wildman–Crippen MR) is 92.4 cm³/mol. The molecule has 0 aliphatic rings. The fourth-order valence-corrected chi connectivity index (χ4v) is 2.29. The molecular weight excluding hydrogens is 340 g/mol. The number of halogens is 1. The first kappa shape index (κ1) is 16.3. The van der Waals surface area contributed by atoms with Gasteiger partial charge in [-0.15, -0.1) is 0 Å². The number of rotatable bonds is 2. The Kier molecular flexibility index (Phi) is 4.68. The summed E-state index contributed by atoms with van der Waals surface area (Å²) in [5, 5.41) is 12.0. The lowest BCUT2D eigenvalue weighted by Crippen LogP contribution is -2.27.